The Bertz CT molecular complexity index is 524. The summed E-state index contributed by atoms with van der Waals surface area (Å²) in [5, 5.41) is 3.96. The second kappa shape index (κ2) is 8.05. The first-order valence-corrected chi connectivity index (χ1v) is 7.29. The SMILES string of the molecule is Cl.c1ccc(-c2cc(OCCN3CCCCC3)no2)cc1. The number of piperidine rings is 1. The molecule has 0 amide bonds. The van der Waals surface area contributed by atoms with Crippen LogP contribution in [0.15, 0.2) is 40.9 Å². The summed E-state index contributed by atoms with van der Waals surface area (Å²) in [5.41, 5.74) is 1.02. The molecule has 3 rings (SSSR count). The van der Waals surface area contributed by atoms with Crippen LogP contribution in [-0.2, 0) is 0 Å². The normalized spacial score (nSPS) is 15.4. The van der Waals surface area contributed by atoms with Crippen molar-refractivity contribution in [1.29, 1.82) is 0 Å². The van der Waals surface area contributed by atoms with Crippen LogP contribution < -0.4 is 4.74 Å². The molecule has 1 fully saturated rings. The first kappa shape index (κ1) is 15.9. The number of nitrogens with zero attached hydrogens (tertiary/aromatic N) is 2. The number of ether oxygens (including phenoxy) is 1. The predicted octanol–water partition coefficient (Wildman–Crippen LogP) is 3.63. The first-order chi connectivity index (χ1) is 9.92. The average molecular weight is 309 g/mol. The van der Waals surface area contributed by atoms with Crippen molar-refractivity contribution < 1.29 is 9.26 Å². The lowest BCUT2D eigenvalue weighted by Crippen LogP contribution is -2.33. The smallest absolute Gasteiger partial charge is 0.254 e. The van der Waals surface area contributed by atoms with Gasteiger partial charge in [0.25, 0.3) is 5.88 Å². The molecule has 21 heavy (non-hydrogen) atoms. The summed E-state index contributed by atoms with van der Waals surface area (Å²) in [7, 11) is 0. The molecule has 1 aromatic heterocycles. The van der Waals surface area contributed by atoms with Crippen LogP contribution in [0.4, 0.5) is 0 Å². The van der Waals surface area contributed by atoms with Crippen LogP contribution >= 0.6 is 12.4 Å². The quantitative estimate of drug-likeness (QED) is 0.845. The van der Waals surface area contributed by atoms with E-state index in [0.29, 0.717) is 12.5 Å². The van der Waals surface area contributed by atoms with Gasteiger partial charge in [-0.1, -0.05) is 36.8 Å². The molecule has 2 heterocycles. The highest BCUT2D eigenvalue weighted by molar-refractivity contribution is 5.85. The molecule has 1 aromatic carbocycles. The fourth-order valence-electron chi connectivity index (χ4n) is 2.53. The predicted molar refractivity (Wildman–Crippen MR) is 85.0 cm³/mol. The maximum atomic E-state index is 5.66. The molecule has 114 valence electrons. The highest BCUT2D eigenvalue weighted by atomic mass is 35.5. The molecular formula is C16H21ClN2O2. The number of halogens is 1. The van der Waals surface area contributed by atoms with Gasteiger partial charge in [0.1, 0.15) is 6.61 Å². The van der Waals surface area contributed by atoms with Gasteiger partial charge in [0.15, 0.2) is 5.76 Å². The minimum absolute atomic E-state index is 0. The lowest BCUT2D eigenvalue weighted by Gasteiger charge is -2.25. The van der Waals surface area contributed by atoms with Crippen LogP contribution in [0.25, 0.3) is 11.3 Å². The topological polar surface area (TPSA) is 38.5 Å². The van der Waals surface area contributed by atoms with Crippen molar-refractivity contribution in [3.05, 3.63) is 36.4 Å². The Balaban J connectivity index is 0.00000161. The van der Waals surface area contributed by atoms with Gasteiger partial charge in [0.2, 0.25) is 0 Å². The standard InChI is InChI=1S/C16H20N2O2.ClH/c1-3-7-14(8-4-1)15-13-16(17-20-15)19-12-11-18-9-5-2-6-10-18;/h1,3-4,7-8,13H,2,5-6,9-12H2;1H. The molecule has 0 atom stereocenters. The van der Waals surface area contributed by atoms with Gasteiger partial charge in [-0.3, -0.25) is 4.90 Å². The van der Waals surface area contributed by atoms with E-state index < -0.39 is 0 Å². The largest absolute Gasteiger partial charge is 0.474 e. The van der Waals surface area contributed by atoms with Gasteiger partial charge in [0.05, 0.1) is 0 Å². The van der Waals surface area contributed by atoms with Crippen LogP contribution in [0.1, 0.15) is 19.3 Å². The molecule has 4 nitrogen and oxygen atoms in total. The second-order valence-electron chi connectivity index (χ2n) is 5.15. The Labute approximate surface area is 131 Å². The number of likely N-dealkylation sites (tertiary alicyclic amines) is 1. The maximum absolute atomic E-state index is 5.66. The molecule has 1 aliphatic heterocycles. The van der Waals surface area contributed by atoms with Crippen molar-refractivity contribution in [2.24, 2.45) is 0 Å². The Morgan fingerprint density at radius 2 is 1.86 bits per heavy atom. The van der Waals surface area contributed by atoms with Gasteiger partial charge in [-0.15, -0.1) is 12.4 Å². The van der Waals surface area contributed by atoms with E-state index in [9.17, 15) is 0 Å². The molecule has 5 heteroatoms. The van der Waals surface area contributed by atoms with Crippen LogP contribution in [-0.4, -0.2) is 36.3 Å². The summed E-state index contributed by atoms with van der Waals surface area (Å²) in [5.74, 6) is 1.32. The third-order valence-corrected chi connectivity index (χ3v) is 3.65. The minimum Gasteiger partial charge on any atom is -0.474 e. The van der Waals surface area contributed by atoms with Crippen LogP contribution in [0, 0.1) is 0 Å². The van der Waals surface area contributed by atoms with Gasteiger partial charge in [-0.2, -0.15) is 0 Å². The highest BCUT2D eigenvalue weighted by Gasteiger charge is 2.11. The van der Waals surface area contributed by atoms with E-state index in [1.165, 1.54) is 32.4 Å². The summed E-state index contributed by atoms with van der Waals surface area (Å²) in [6.45, 7) is 4.02. The minimum atomic E-state index is 0. The maximum Gasteiger partial charge on any atom is 0.254 e. The monoisotopic (exact) mass is 308 g/mol. The van der Waals surface area contributed by atoms with Crippen molar-refractivity contribution in [3.63, 3.8) is 0 Å². The fourth-order valence-corrected chi connectivity index (χ4v) is 2.53. The Morgan fingerprint density at radius 3 is 2.62 bits per heavy atom. The van der Waals surface area contributed by atoms with Crippen molar-refractivity contribution in [3.8, 4) is 17.2 Å². The van der Waals surface area contributed by atoms with Crippen molar-refractivity contribution in [2.45, 2.75) is 19.3 Å². The lowest BCUT2D eigenvalue weighted by molar-refractivity contribution is 0.177. The highest BCUT2D eigenvalue weighted by Crippen LogP contribution is 2.23. The van der Waals surface area contributed by atoms with Crippen molar-refractivity contribution in [2.75, 3.05) is 26.2 Å². The summed E-state index contributed by atoms with van der Waals surface area (Å²) in [6.07, 6.45) is 3.98. The molecule has 1 saturated heterocycles. The van der Waals surface area contributed by atoms with Crippen LogP contribution in [0.2, 0.25) is 0 Å². The number of rotatable bonds is 5. The molecule has 0 bridgehead atoms. The van der Waals surface area contributed by atoms with E-state index >= 15 is 0 Å². The van der Waals surface area contributed by atoms with Crippen LogP contribution in [0.3, 0.4) is 0 Å². The Morgan fingerprint density at radius 1 is 1.10 bits per heavy atom. The average Bonchev–Trinajstić information content (AvgIpc) is 2.98. The van der Waals surface area contributed by atoms with E-state index in [1.807, 2.05) is 36.4 Å². The number of hydrogen-bond acceptors (Lipinski definition) is 4. The molecule has 0 saturated carbocycles. The zero-order valence-corrected chi connectivity index (χ0v) is 12.8. The summed E-state index contributed by atoms with van der Waals surface area (Å²) >= 11 is 0. The molecule has 0 N–H and O–H groups in total. The second-order valence-corrected chi connectivity index (χ2v) is 5.15. The van der Waals surface area contributed by atoms with E-state index in [-0.39, 0.29) is 12.4 Å². The van der Waals surface area contributed by atoms with Crippen LogP contribution in [0.5, 0.6) is 5.88 Å². The molecule has 0 spiro atoms. The van der Waals surface area contributed by atoms with Crippen molar-refractivity contribution >= 4 is 12.4 Å². The summed E-state index contributed by atoms with van der Waals surface area (Å²) < 4.78 is 11.0. The third kappa shape index (κ3) is 4.48. The molecule has 0 unspecified atom stereocenters. The molecule has 0 radical (unpaired) electrons. The number of hydrogen-bond donors (Lipinski definition) is 0. The third-order valence-electron chi connectivity index (χ3n) is 3.65. The molecule has 0 aliphatic carbocycles. The summed E-state index contributed by atoms with van der Waals surface area (Å²) in [6, 6.07) is 11.8. The van der Waals surface area contributed by atoms with E-state index in [0.717, 1.165) is 17.9 Å². The van der Waals surface area contributed by atoms with E-state index in [1.54, 1.807) is 0 Å². The van der Waals surface area contributed by atoms with E-state index in [4.69, 9.17) is 9.26 Å². The molecule has 2 aromatic rings. The summed E-state index contributed by atoms with van der Waals surface area (Å²) in [4.78, 5) is 2.45. The molecule has 1 aliphatic rings. The zero-order chi connectivity index (χ0) is 13.6. The fraction of sp³-hybridized carbons (Fsp3) is 0.438. The Hall–Kier alpha value is -1.52. The number of aromatic nitrogens is 1. The number of benzene rings is 1. The van der Waals surface area contributed by atoms with Gasteiger partial charge in [0, 0.05) is 18.2 Å². The first-order valence-electron chi connectivity index (χ1n) is 7.29. The van der Waals surface area contributed by atoms with Gasteiger partial charge in [-0.05, 0) is 31.1 Å². The zero-order valence-electron chi connectivity index (χ0n) is 12.0. The Kier molecular flexibility index (Phi) is 6.08. The van der Waals surface area contributed by atoms with Gasteiger partial charge < -0.3 is 9.26 Å². The molecular weight excluding hydrogens is 288 g/mol. The van der Waals surface area contributed by atoms with E-state index in [2.05, 4.69) is 10.1 Å². The van der Waals surface area contributed by atoms with Crippen molar-refractivity contribution in [1.82, 2.24) is 10.1 Å². The lowest BCUT2D eigenvalue weighted by atomic mass is 10.1. The van der Waals surface area contributed by atoms with Gasteiger partial charge in [-0.25, -0.2) is 0 Å². The van der Waals surface area contributed by atoms with Gasteiger partial charge >= 0.3 is 0 Å².